The first kappa shape index (κ1) is 21.5. The second-order valence-electron chi connectivity index (χ2n) is 7.38. The highest BCUT2D eigenvalue weighted by Gasteiger charge is 2.19. The summed E-state index contributed by atoms with van der Waals surface area (Å²) in [6, 6.07) is 15.6. The summed E-state index contributed by atoms with van der Waals surface area (Å²) in [4.78, 5) is 23.2. The summed E-state index contributed by atoms with van der Waals surface area (Å²) in [5.74, 6) is -0.0205. The Balaban J connectivity index is 1.63. The summed E-state index contributed by atoms with van der Waals surface area (Å²) in [7, 11) is 4.01. The Labute approximate surface area is 178 Å². The molecule has 0 fully saturated rings. The lowest BCUT2D eigenvalue weighted by atomic mass is 10.0. The van der Waals surface area contributed by atoms with E-state index in [9.17, 15) is 4.79 Å². The Morgan fingerprint density at radius 2 is 1.63 bits per heavy atom. The molecular formula is C24H29N5O. The van der Waals surface area contributed by atoms with Crippen molar-refractivity contribution >= 4 is 11.6 Å². The van der Waals surface area contributed by atoms with Gasteiger partial charge < -0.3 is 15.5 Å². The van der Waals surface area contributed by atoms with E-state index in [-0.39, 0.29) is 5.91 Å². The standard InChI is InChI=1S/C24H29N5O/c1-29(2)22-7-5-21(6-8-22)23(27-16-12-20-4-3-13-26-18-20)24(30)28-17-11-19-9-14-25-15-10-19/h3-10,13-15,18,23,27H,11-12,16-17H2,1-2H3,(H,28,30). The Morgan fingerprint density at radius 1 is 0.900 bits per heavy atom. The lowest BCUT2D eigenvalue weighted by Gasteiger charge is -2.20. The molecule has 0 aliphatic carbocycles. The average molecular weight is 404 g/mol. The van der Waals surface area contributed by atoms with Gasteiger partial charge in [-0.05, 0) is 59.9 Å². The van der Waals surface area contributed by atoms with Gasteiger partial charge >= 0.3 is 0 Å². The SMILES string of the molecule is CN(C)c1ccc(C(NCCc2cccnc2)C(=O)NCCc2ccncc2)cc1. The van der Waals surface area contributed by atoms with E-state index in [2.05, 4.69) is 20.6 Å². The number of amides is 1. The van der Waals surface area contributed by atoms with Crippen LogP contribution in [0.4, 0.5) is 5.69 Å². The maximum Gasteiger partial charge on any atom is 0.241 e. The molecule has 3 aromatic rings. The molecule has 1 atom stereocenters. The van der Waals surface area contributed by atoms with Crippen LogP contribution in [0, 0.1) is 0 Å². The molecule has 1 amide bonds. The smallest absolute Gasteiger partial charge is 0.241 e. The van der Waals surface area contributed by atoms with Gasteiger partial charge in [-0.25, -0.2) is 0 Å². The number of hydrogen-bond acceptors (Lipinski definition) is 5. The third-order valence-electron chi connectivity index (χ3n) is 4.95. The predicted molar refractivity (Wildman–Crippen MR) is 120 cm³/mol. The van der Waals surface area contributed by atoms with Crippen molar-refractivity contribution in [2.75, 3.05) is 32.1 Å². The van der Waals surface area contributed by atoms with E-state index < -0.39 is 6.04 Å². The van der Waals surface area contributed by atoms with Gasteiger partial charge in [-0.1, -0.05) is 18.2 Å². The zero-order valence-electron chi connectivity index (χ0n) is 17.6. The molecule has 156 valence electrons. The van der Waals surface area contributed by atoms with Crippen molar-refractivity contribution in [2.45, 2.75) is 18.9 Å². The minimum atomic E-state index is -0.407. The van der Waals surface area contributed by atoms with Crippen LogP contribution in [0.1, 0.15) is 22.7 Å². The monoisotopic (exact) mass is 403 g/mol. The summed E-state index contributed by atoms with van der Waals surface area (Å²) >= 11 is 0. The average Bonchev–Trinajstić information content (AvgIpc) is 2.78. The van der Waals surface area contributed by atoms with Gasteiger partial charge in [-0.15, -0.1) is 0 Å². The number of pyridine rings is 2. The highest BCUT2D eigenvalue weighted by molar-refractivity contribution is 5.83. The molecule has 30 heavy (non-hydrogen) atoms. The Kier molecular flexibility index (Phi) is 7.92. The second-order valence-corrected chi connectivity index (χ2v) is 7.38. The quantitative estimate of drug-likeness (QED) is 0.545. The van der Waals surface area contributed by atoms with Gasteiger partial charge in [0.2, 0.25) is 5.91 Å². The van der Waals surface area contributed by atoms with E-state index in [0.29, 0.717) is 13.1 Å². The Bertz CT molecular complexity index is 898. The molecule has 0 saturated heterocycles. The number of carbonyl (C=O) groups is 1. The summed E-state index contributed by atoms with van der Waals surface area (Å²) in [5, 5.41) is 6.49. The van der Waals surface area contributed by atoms with Crippen LogP contribution >= 0.6 is 0 Å². The molecule has 2 N–H and O–H groups in total. The number of carbonyl (C=O) groups excluding carboxylic acids is 1. The molecule has 0 radical (unpaired) electrons. The molecule has 2 aromatic heterocycles. The first-order chi connectivity index (χ1) is 14.6. The van der Waals surface area contributed by atoms with Crippen molar-refractivity contribution in [1.29, 1.82) is 0 Å². The van der Waals surface area contributed by atoms with Crippen molar-refractivity contribution < 1.29 is 4.79 Å². The highest BCUT2D eigenvalue weighted by Crippen LogP contribution is 2.18. The molecule has 0 bridgehead atoms. The summed E-state index contributed by atoms with van der Waals surface area (Å²) < 4.78 is 0. The number of hydrogen-bond donors (Lipinski definition) is 2. The second kappa shape index (κ2) is 11.1. The van der Waals surface area contributed by atoms with Crippen molar-refractivity contribution in [3.05, 3.63) is 90.0 Å². The predicted octanol–water partition coefficient (Wildman–Crippen LogP) is 2.77. The maximum atomic E-state index is 13.0. The molecule has 3 rings (SSSR count). The van der Waals surface area contributed by atoms with Crippen LogP contribution < -0.4 is 15.5 Å². The lowest BCUT2D eigenvalue weighted by molar-refractivity contribution is -0.123. The van der Waals surface area contributed by atoms with Gasteiger partial charge in [-0.2, -0.15) is 0 Å². The highest BCUT2D eigenvalue weighted by atomic mass is 16.2. The van der Waals surface area contributed by atoms with Crippen LogP contribution in [0.3, 0.4) is 0 Å². The van der Waals surface area contributed by atoms with E-state index in [1.165, 1.54) is 0 Å². The van der Waals surface area contributed by atoms with Gasteiger partial charge in [0, 0.05) is 57.7 Å². The minimum absolute atomic E-state index is 0.0205. The van der Waals surface area contributed by atoms with Crippen molar-refractivity contribution in [3.8, 4) is 0 Å². The zero-order valence-corrected chi connectivity index (χ0v) is 17.6. The summed E-state index contributed by atoms with van der Waals surface area (Å²) in [6.45, 7) is 1.27. The molecule has 6 nitrogen and oxygen atoms in total. The number of anilines is 1. The summed E-state index contributed by atoms with van der Waals surface area (Å²) in [5.41, 5.74) is 4.35. The molecule has 1 unspecified atom stereocenters. The number of nitrogens with zero attached hydrogens (tertiary/aromatic N) is 3. The number of rotatable bonds is 10. The number of nitrogens with one attached hydrogen (secondary N) is 2. The fraction of sp³-hybridized carbons (Fsp3) is 0.292. The van der Waals surface area contributed by atoms with Crippen LogP contribution in [0.2, 0.25) is 0 Å². The van der Waals surface area contributed by atoms with Gasteiger partial charge in [0.25, 0.3) is 0 Å². The van der Waals surface area contributed by atoms with Gasteiger partial charge in [0.1, 0.15) is 6.04 Å². The van der Waals surface area contributed by atoms with Crippen molar-refractivity contribution in [1.82, 2.24) is 20.6 Å². The van der Waals surface area contributed by atoms with Crippen LogP contribution in [-0.2, 0) is 17.6 Å². The molecule has 6 heteroatoms. The first-order valence-electron chi connectivity index (χ1n) is 10.2. The van der Waals surface area contributed by atoms with Gasteiger partial charge in [-0.3, -0.25) is 14.8 Å². The van der Waals surface area contributed by atoms with Crippen molar-refractivity contribution in [2.24, 2.45) is 0 Å². The zero-order chi connectivity index (χ0) is 21.2. The minimum Gasteiger partial charge on any atom is -0.378 e. The topological polar surface area (TPSA) is 70.2 Å². The van der Waals surface area contributed by atoms with Crippen LogP contribution in [0.5, 0.6) is 0 Å². The van der Waals surface area contributed by atoms with Gasteiger partial charge in [0.05, 0.1) is 0 Å². The van der Waals surface area contributed by atoms with Crippen LogP contribution in [-0.4, -0.2) is 43.1 Å². The molecule has 2 heterocycles. The van der Waals surface area contributed by atoms with Crippen LogP contribution in [0.15, 0.2) is 73.3 Å². The van der Waals surface area contributed by atoms with Crippen LogP contribution in [0.25, 0.3) is 0 Å². The Morgan fingerprint density at radius 3 is 2.30 bits per heavy atom. The molecule has 0 saturated carbocycles. The third kappa shape index (κ3) is 6.39. The fourth-order valence-electron chi connectivity index (χ4n) is 3.22. The lowest BCUT2D eigenvalue weighted by Crippen LogP contribution is -2.39. The first-order valence-corrected chi connectivity index (χ1v) is 10.2. The summed E-state index contributed by atoms with van der Waals surface area (Å²) in [6.07, 6.45) is 8.75. The largest absolute Gasteiger partial charge is 0.378 e. The molecule has 0 aliphatic heterocycles. The van der Waals surface area contributed by atoms with E-state index in [1.54, 1.807) is 18.6 Å². The molecule has 0 spiro atoms. The normalized spacial score (nSPS) is 11.7. The number of aromatic nitrogens is 2. The maximum absolute atomic E-state index is 13.0. The van der Waals surface area contributed by atoms with E-state index in [1.807, 2.05) is 73.7 Å². The molecular weight excluding hydrogens is 374 g/mol. The van der Waals surface area contributed by atoms with E-state index in [0.717, 1.165) is 35.2 Å². The van der Waals surface area contributed by atoms with E-state index in [4.69, 9.17) is 0 Å². The molecule has 1 aromatic carbocycles. The number of benzene rings is 1. The Hall–Kier alpha value is -3.25. The fourth-order valence-corrected chi connectivity index (χ4v) is 3.22. The molecule has 0 aliphatic rings. The van der Waals surface area contributed by atoms with Gasteiger partial charge in [0.15, 0.2) is 0 Å². The van der Waals surface area contributed by atoms with E-state index >= 15 is 0 Å². The third-order valence-corrected chi connectivity index (χ3v) is 4.95. The van der Waals surface area contributed by atoms with Crippen molar-refractivity contribution in [3.63, 3.8) is 0 Å².